The molecule has 4 rings (SSSR count). The first-order chi connectivity index (χ1) is 15.5. The lowest BCUT2D eigenvalue weighted by Crippen LogP contribution is -2.57. The van der Waals surface area contributed by atoms with E-state index in [2.05, 4.69) is 26.8 Å². The number of hydrogen-bond acceptors (Lipinski definition) is 8. The fraction of sp³-hybridized carbons (Fsp3) is 0.619. The van der Waals surface area contributed by atoms with E-state index in [1.165, 1.54) is 0 Å². The maximum atomic E-state index is 12.7. The van der Waals surface area contributed by atoms with Crippen LogP contribution in [-0.2, 0) is 19.1 Å². The van der Waals surface area contributed by atoms with Crippen LogP contribution in [0.1, 0.15) is 24.8 Å². The fourth-order valence-corrected chi connectivity index (χ4v) is 4.37. The van der Waals surface area contributed by atoms with Gasteiger partial charge in [0.1, 0.15) is 17.3 Å². The highest BCUT2D eigenvalue weighted by Crippen LogP contribution is 2.24. The summed E-state index contributed by atoms with van der Waals surface area (Å²) in [6.45, 7) is 3.47. The number of alkyl halides is 1. The summed E-state index contributed by atoms with van der Waals surface area (Å²) in [6, 6.07) is 5.66. The number of rotatable bonds is 6. The van der Waals surface area contributed by atoms with Crippen LogP contribution >= 0.6 is 11.6 Å². The van der Waals surface area contributed by atoms with Gasteiger partial charge in [0.05, 0.1) is 36.9 Å². The Hall–Kier alpha value is -2.45. The number of nitrogens with one attached hydrogen (secondary N) is 2. The molecule has 4 atom stereocenters. The van der Waals surface area contributed by atoms with Gasteiger partial charge in [-0.25, -0.2) is 10.4 Å². The summed E-state index contributed by atoms with van der Waals surface area (Å²) in [5.74, 6) is 0.620. The van der Waals surface area contributed by atoms with E-state index in [4.69, 9.17) is 26.3 Å². The monoisotopic (exact) mass is 462 g/mol. The Labute approximate surface area is 191 Å². The van der Waals surface area contributed by atoms with Crippen LogP contribution in [-0.4, -0.2) is 84.7 Å². The molecule has 172 valence electrons. The minimum atomic E-state index is -0.729. The quantitative estimate of drug-likeness (QED) is 0.574. The van der Waals surface area contributed by atoms with Crippen molar-refractivity contribution < 1.29 is 19.1 Å². The Morgan fingerprint density at radius 3 is 2.78 bits per heavy atom. The van der Waals surface area contributed by atoms with Crippen LogP contribution in [0.2, 0.25) is 0 Å². The Bertz CT molecular complexity index is 855. The van der Waals surface area contributed by atoms with E-state index < -0.39 is 11.5 Å². The third-order valence-electron chi connectivity index (χ3n) is 6.02. The molecule has 0 radical (unpaired) electrons. The van der Waals surface area contributed by atoms with Gasteiger partial charge in [-0.1, -0.05) is 0 Å². The molecule has 0 bridgehead atoms. The highest BCUT2D eigenvalue weighted by atomic mass is 35.5. The second-order valence-corrected chi connectivity index (χ2v) is 8.66. The number of anilines is 1. The Morgan fingerprint density at radius 2 is 2.06 bits per heavy atom. The topological polar surface area (TPSA) is 120 Å². The number of carbonyl (C=O) groups excluding carboxylic acids is 2. The summed E-state index contributed by atoms with van der Waals surface area (Å²) in [5, 5.41) is 8.16. The summed E-state index contributed by atoms with van der Waals surface area (Å²) >= 11 is 6.08. The molecule has 1 aromatic rings. The number of hydrazine groups is 1. The maximum absolute atomic E-state index is 12.7. The smallest absolute Gasteiger partial charge is 0.254 e. The molecule has 32 heavy (non-hydrogen) atoms. The average molecular weight is 463 g/mol. The normalized spacial score (nSPS) is 28.3. The van der Waals surface area contributed by atoms with Crippen molar-refractivity contribution in [3.63, 3.8) is 0 Å². The SMILES string of the molecule is N#Cc1ccc(N2CCN(C(=O)C[C@@H]3CC[C@@H](COC4CNNC(=O)C4Cl)O3)CC2)nc1. The second-order valence-electron chi connectivity index (χ2n) is 8.19. The average Bonchev–Trinajstić information content (AvgIpc) is 3.27. The first-order valence-electron chi connectivity index (χ1n) is 10.9. The first-order valence-corrected chi connectivity index (χ1v) is 11.3. The van der Waals surface area contributed by atoms with Crippen molar-refractivity contribution in [3.05, 3.63) is 23.9 Å². The fourth-order valence-electron chi connectivity index (χ4n) is 4.16. The zero-order valence-corrected chi connectivity index (χ0v) is 18.5. The van der Waals surface area contributed by atoms with E-state index in [0.29, 0.717) is 51.3 Å². The molecule has 10 nitrogen and oxygen atoms in total. The van der Waals surface area contributed by atoms with Gasteiger partial charge in [0.25, 0.3) is 5.91 Å². The van der Waals surface area contributed by atoms with Gasteiger partial charge in [-0.3, -0.25) is 15.0 Å². The number of amides is 2. The number of carbonyl (C=O) groups is 2. The van der Waals surface area contributed by atoms with E-state index in [0.717, 1.165) is 18.7 Å². The van der Waals surface area contributed by atoms with E-state index in [-0.39, 0.29) is 24.0 Å². The number of aromatic nitrogens is 1. The number of pyridine rings is 1. The number of hydrogen-bond donors (Lipinski definition) is 2. The summed E-state index contributed by atoms with van der Waals surface area (Å²) in [5.41, 5.74) is 5.77. The molecule has 0 aliphatic carbocycles. The zero-order valence-electron chi connectivity index (χ0n) is 17.7. The van der Waals surface area contributed by atoms with Crippen LogP contribution < -0.4 is 15.8 Å². The van der Waals surface area contributed by atoms with E-state index >= 15 is 0 Å². The van der Waals surface area contributed by atoms with Crippen LogP contribution in [0, 0.1) is 11.3 Å². The molecule has 3 aliphatic heterocycles. The predicted octanol–water partition coefficient (Wildman–Crippen LogP) is 0.167. The lowest BCUT2D eigenvalue weighted by atomic mass is 10.1. The first kappa shape index (κ1) is 22.7. The molecule has 2 amide bonds. The molecule has 2 unspecified atom stereocenters. The molecule has 3 aliphatic rings. The third-order valence-corrected chi connectivity index (χ3v) is 6.50. The molecule has 0 saturated carbocycles. The molecule has 2 N–H and O–H groups in total. The lowest BCUT2D eigenvalue weighted by molar-refractivity contribution is -0.136. The van der Waals surface area contributed by atoms with Crippen molar-refractivity contribution in [2.75, 3.05) is 44.2 Å². The van der Waals surface area contributed by atoms with Crippen LogP contribution in [0.25, 0.3) is 0 Å². The minimum absolute atomic E-state index is 0.0954. The second kappa shape index (κ2) is 10.4. The number of halogens is 1. The van der Waals surface area contributed by atoms with Gasteiger partial charge in [0, 0.05) is 38.9 Å². The van der Waals surface area contributed by atoms with Gasteiger partial charge >= 0.3 is 0 Å². The minimum Gasteiger partial charge on any atom is -0.372 e. The van der Waals surface area contributed by atoms with Crippen molar-refractivity contribution >= 4 is 29.2 Å². The van der Waals surface area contributed by atoms with Gasteiger partial charge in [0.15, 0.2) is 0 Å². The Balaban J connectivity index is 1.17. The summed E-state index contributed by atoms with van der Waals surface area (Å²) in [4.78, 5) is 32.6. The highest BCUT2D eigenvalue weighted by Gasteiger charge is 2.34. The van der Waals surface area contributed by atoms with Crippen LogP contribution in [0.4, 0.5) is 5.82 Å². The molecule has 11 heteroatoms. The summed E-state index contributed by atoms with van der Waals surface area (Å²) in [7, 11) is 0. The summed E-state index contributed by atoms with van der Waals surface area (Å²) < 4.78 is 11.8. The van der Waals surface area contributed by atoms with Gasteiger partial charge in [0.2, 0.25) is 5.91 Å². The van der Waals surface area contributed by atoms with Crippen molar-refractivity contribution in [3.8, 4) is 6.07 Å². The van der Waals surface area contributed by atoms with Gasteiger partial charge < -0.3 is 19.3 Å². The van der Waals surface area contributed by atoms with Crippen molar-refractivity contribution in [2.24, 2.45) is 0 Å². The Morgan fingerprint density at radius 1 is 1.28 bits per heavy atom. The molecular weight excluding hydrogens is 436 g/mol. The molecule has 0 spiro atoms. The van der Waals surface area contributed by atoms with Gasteiger partial charge in [-0.2, -0.15) is 5.26 Å². The third kappa shape index (κ3) is 5.48. The van der Waals surface area contributed by atoms with E-state index in [1.54, 1.807) is 12.3 Å². The van der Waals surface area contributed by atoms with Crippen LogP contribution in [0.15, 0.2) is 18.3 Å². The standard InChI is InChI=1S/C21H27ClN6O4/c22-20-17(12-25-26-21(20)30)31-13-16-3-2-15(32-16)9-19(29)28-7-5-27(6-8-28)18-4-1-14(10-23)11-24-18/h1,4,11,15-17,20,25H,2-3,5-9,12-13H2,(H,26,30)/t15-,16-,17?,20?/m0/s1. The molecule has 3 saturated heterocycles. The Kier molecular flexibility index (Phi) is 7.42. The molecule has 1 aromatic heterocycles. The number of piperazine rings is 1. The lowest BCUT2D eigenvalue weighted by Gasteiger charge is -2.35. The molecule has 3 fully saturated rings. The van der Waals surface area contributed by atoms with Crippen LogP contribution in [0.3, 0.4) is 0 Å². The highest BCUT2D eigenvalue weighted by molar-refractivity contribution is 6.31. The zero-order chi connectivity index (χ0) is 22.5. The predicted molar refractivity (Wildman–Crippen MR) is 116 cm³/mol. The largest absolute Gasteiger partial charge is 0.372 e. The van der Waals surface area contributed by atoms with Crippen molar-refractivity contribution in [2.45, 2.75) is 43.0 Å². The van der Waals surface area contributed by atoms with Gasteiger partial charge in [-0.15, -0.1) is 11.6 Å². The number of ether oxygens (including phenoxy) is 2. The van der Waals surface area contributed by atoms with Crippen molar-refractivity contribution in [1.29, 1.82) is 5.26 Å². The van der Waals surface area contributed by atoms with Crippen molar-refractivity contribution in [1.82, 2.24) is 20.7 Å². The number of nitriles is 1. The van der Waals surface area contributed by atoms with E-state index in [1.807, 2.05) is 11.0 Å². The van der Waals surface area contributed by atoms with Crippen LogP contribution in [0.5, 0.6) is 0 Å². The molecular formula is C21H27ClN6O4. The number of nitrogens with zero attached hydrogens (tertiary/aromatic N) is 4. The molecule has 4 heterocycles. The summed E-state index contributed by atoms with van der Waals surface area (Å²) in [6.07, 6.45) is 2.93. The van der Waals surface area contributed by atoms with Gasteiger partial charge in [-0.05, 0) is 25.0 Å². The maximum Gasteiger partial charge on any atom is 0.254 e. The molecule has 0 aromatic carbocycles. The van der Waals surface area contributed by atoms with E-state index in [9.17, 15) is 9.59 Å².